The van der Waals surface area contributed by atoms with E-state index in [9.17, 15) is 4.79 Å². The van der Waals surface area contributed by atoms with Crippen LogP contribution in [0.15, 0.2) is 118 Å². The van der Waals surface area contributed by atoms with E-state index in [1.165, 1.54) is 0 Å². The van der Waals surface area contributed by atoms with E-state index >= 15 is 0 Å². The zero-order valence-electron chi connectivity index (χ0n) is 17.2. The summed E-state index contributed by atoms with van der Waals surface area (Å²) in [7, 11) is 0. The zero-order chi connectivity index (χ0) is 21.8. The van der Waals surface area contributed by atoms with E-state index in [1.54, 1.807) is 17.2 Å². The zero-order valence-corrected chi connectivity index (χ0v) is 17.2. The van der Waals surface area contributed by atoms with Crippen molar-refractivity contribution < 1.29 is 13.9 Å². The monoisotopic (exact) mass is 420 g/mol. The van der Waals surface area contributed by atoms with Gasteiger partial charge in [-0.2, -0.15) is 0 Å². The quantitative estimate of drug-likeness (QED) is 0.365. The maximum Gasteiger partial charge on any atom is 0.278 e. The van der Waals surface area contributed by atoms with Crippen LogP contribution in [0.5, 0.6) is 11.5 Å². The average Bonchev–Trinajstić information content (AvgIpc) is 3.45. The first-order valence-corrected chi connectivity index (χ1v) is 10.3. The molecule has 1 aliphatic heterocycles. The predicted molar refractivity (Wildman–Crippen MR) is 123 cm³/mol. The molecule has 1 amide bonds. The van der Waals surface area contributed by atoms with Crippen LogP contribution in [0, 0.1) is 0 Å². The second-order valence-corrected chi connectivity index (χ2v) is 7.29. The summed E-state index contributed by atoms with van der Waals surface area (Å²) in [5, 5.41) is 0. The van der Waals surface area contributed by atoms with Crippen LogP contribution in [0.1, 0.15) is 16.9 Å². The molecule has 1 aromatic heterocycles. The molecule has 0 saturated heterocycles. The molecule has 0 aliphatic carbocycles. The van der Waals surface area contributed by atoms with Gasteiger partial charge in [0.15, 0.2) is 0 Å². The van der Waals surface area contributed by atoms with Crippen LogP contribution in [0.4, 0.5) is 0 Å². The van der Waals surface area contributed by atoms with Crippen molar-refractivity contribution in [2.24, 2.45) is 4.99 Å². The van der Waals surface area contributed by atoms with E-state index in [-0.39, 0.29) is 5.91 Å². The SMILES string of the molecule is O=C1/C(=C\c2cccc(Oc3ccccc3)c2)N=C(c2ccccc2)N1Cc1ccco1. The van der Waals surface area contributed by atoms with Gasteiger partial charge in [-0.3, -0.25) is 9.69 Å². The molecule has 0 unspecified atom stereocenters. The Balaban J connectivity index is 1.46. The van der Waals surface area contributed by atoms with Gasteiger partial charge in [-0.1, -0.05) is 60.7 Å². The van der Waals surface area contributed by atoms with Gasteiger partial charge in [-0.15, -0.1) is 0 Å². The topological polar surface area (TPSA) is 55.0 Å². The van der Waals surface area contributed by atoms with Gasteiger partial charge in [-0.05, 0) is 48.0 Å². The van der Waals surface area contributed by atoms with Crippen molar-refractivity contribution in [2.75, 3.05) is 0 Å². The third-order valence-corrected chi connectivity index (χ3v) is 5.01. The molecule has 5 heteroatoms. The minimum absolute atomic E-state index is 0.172. The number of amides is 1. The Morgan fingerprint density at radius 3 is 2.34 bits per heavy atom. The van der Waals surface area contributed by atoms with E-state index in [4.69, 9.17) is 9.15 Å². The molecule has 2 heterocycles. The lowest BCUT2D eigenvalue weighted by Gasteiger charge is -2.17. The lowest BCUT2D eigenvalue weighted by Crippen LogP contribution is -2.32. The molecule has 32 heavy (non-hydrogen) atoms. The second kappa shape index (κ2) is 8.78. The number of hydrogen-bond donors (Lipinski definition) is 0. The number of ether oxygens (including phenoxy) is 1. The fourth-order valence-electron chi connectivity index (χ4n) is 3.51. The molecule has 0 saturated carbocycles. The number of para-hydroxylation sites is 1. The molecule has 5 nitrogen and oxygen atoms in total. The Kier molecular flexibility index (Phi) is 5.37. The highest BCUT2D eigenvalue weighted by Gasteiger charge is 2.31. The number of carbonyl (C=O) groups excluding carboxylic acids is 1. The molecule has 0 radical (unpaired) electrons. The summed E-state index contributed by atoms with van der Waals surface area (Å²) < 4.78 is 11.4. The summed E-state index contributed by atoms with van der Waals surface area (Å²) in [4.78, 5) is 19.6. The maximum absolute atomic E-state index is 13.3. The van der Waals surface area contributed by atoms with E-state index in [0.29, 0.717) is 29.6 Å². The second-order valence-electron chi connectivity index (χ2n) is 7.29. The number of aliphatic imine (C=N–C) groups is 1. The van der Waals surface area contributed by atoms with Gasteiger partial charge < -0.3 is 9.15 Å². The van der Waals surface area contributed by atoms with Gasteiger partial charge in [0.2, 0.25) is 0 Å². The van der Waals surface area contributed by atoms with Crippen molar-refractivity contribution in [1.29, 1.82) is 0 Å². The largest absolute Gasteiger partial charge is 0.467 e. The van der Waals surface area contributed by atoms with Crippen molar-refractivity contribution in [1.82, 2.24) is 4.90 Å². The Hall–Kier alpha value is -4.38. The average molecular weight is 420 g/mol. The third kappa shape index (κ3) is 4.23. The van der Waals surface area contributed by atoms with Crippen molar-refractivity contribution >= 4 is 17.8 Å². The van der Waals surface area contributed by atoms with Gasteiger partial charge in [-0.25, -0.2) is 4.99 Å². The summed E-state index contributed by atoms with van der Waals surface area (Å²) in [5.41, 5.74) is 2.07. The standard InChI is InChI=1S/C27H20N2O3/c30-27-25(18-20-9-7-14-23(17-20)32-22-12-5-2-6-13-22)28-26(21-10-3-1-4-11-21)29(27)19-24-15-8-16-31-24/h1-18H,19H2/b25-18+. The van der Waals surface area contributed by atoms with E-state index in [0.717, 1.165) is 16.9 Å². The van der Waals surface area contributed by atoms with Crippen LogP contribution < -0.4 is 4.74 Å². The van der Waals surface area contributed by atoms with Crippen LogP contribution in [0.25, 0.3) is 6.08 Å². The fourth-order valence-corrected chi connectivity index (χ4v) is 3.51. The Labute approximate surface area is 185 Å². The Morgan fingerprint density at radius 1 is 0.844 bits per heavy atom. The molecule has 0 N–H and O–H groups in total. The normalized spacial score (nSPS) is 14.6. The molecule has 0 atom stereocenters. The molecule has 0 spiro atoms. The van der Waals surface area contributed by atoms with Crippen LogP contribution in [-0.2, 0) is 11.3 Å². The summed E-state index contributed by atoms with van der Waals surface area (Å²) in [5.74, 6) is 2.57. The number of nitrogens with zero attached hydrogens (tertiary/aromatic N) is 2. The first-order valence-electron chi connectivity index (χ1n) is 10.3. The number of amidine groups is 1. The van der Waals surface area contributed by atoms with E-state index in [2.05, 4.69) is 4.99 Å². The van der Waals surface area contributed by atoms with Crippen molar-refractivity contribution in [3.05, 3.63) is 126 Å². The van der Waals surface area contributed by atoms with Crippen LogP contribution in [0.3, 0.4) is 0 Å². The Bertz CT molecular complexity index is 1280. The number of rotatable bonds is 6. The first kappa shape index (κ1) is 19.6. The molecular weight excluding hydrogens is 400 g/mol. The predicted octanol–water partition coefficient (Wildman–Crippen LogP) is 5.90. The lowest BCUT2D eigenvalue weighted by atomic mass is 10.1. The summed E-state index contributed by atoms with van der Waals surface area (Å²) in [6.07, 6.45) is 3.38. The summed E-state index contributed by atoms with van der Waals surface area (Å²) in [6, 6.07) is 30.5. The smallest absolute Gasteiger partial charge is 0.278 e. The molecule has 5 rings (SSSR count). The molecule has 1 aliphatic rings. The summed E-state index contributed by atoms with van der Waals surface area (Å²) >= 11 is 0. The van der Waals surface area contributed by atoms with Crippen molar-refractivity contribution in [3.8, 4) is 11.5 Å². The molecule has 4 aromatic rings. The number of carbonyl (C=O) groups is 1. The minimum atomic E-state index is -0.172. The van der Waals surface area contributed by atoms with Crippen LogP contribution >= 0.6 is 0 Å². The van der Waals surface area contributed by atoms with Crippen molar-refractivity contribution in [3.63, 3.8) is 0 Å². The van der Waals surface area contributed by atoms with Gasteiger partial charge in [0.1, 0.15) is 28.8 Å². The van der Waals surface area contributed by atoms with Crippen molar-refractivity contribution in [2.45, 2.75) is 6.54 Å². The Morgan fingerprint density at radius 2 is 1.59 bits per heavy atom. The number of benzene rings is 3. The highest BCUT2D eigenvalue weighted by atomic mass is 16.5. The van der Waals surface area contributed by atoms with Gasteiger partial charge >= 0.3 is 0 Å². The third-order valence-electron chi connectivity index (χ3n) is 5.01. The summed E-state index contributed by atoms with van der Waals surface area (Å²) in [6.45, 7) is 0.314. The molecule has 156 valence electrons. The number of hydrogen-bond acceptors (Lipinski definition) is 4. The highest BCUT2D eigenvalue weighted by Crippen LogP contribution is 2.26. The lowest BCUT2D eigenvalue weighted by molar-refractivity contribution is -0.123. The van der Waals surface area contributed by atoms with Crippen LogP contribution in [0.2, 0.25) is 0 Å². The first-order chi connectivity index (χ1) is 15.8. The highest BCUT2D eigenvalue weighted by molar-refractivity contribution is 6.19. The molecule has 0 bridgehead atoms. The van der Waals surface area contributed by atoms with Crippen LogP contribution in [-0.4, -0.2) is 16.6 Å². The molecule has 3 aromatic carbocycles. The molecule has 0 fully saturated rings. The van der Waals surface area contributed by atoms with E-state index in [1.807, 2.05) is 97.1 Å². The fraction of sp³-hybridized carbons (Fsp3) is 0.0370. The number of furan rings is 1. The van der Waals surface area contributed by atoms with Gasteiger partial charge in [0.05, 0.1) is 12.8 Å². The molecular formula is C27H20N2O3. The van der Waals surface area contributed by atoms with E-state index < -0.39 is 0 Å². The van der Waals surface area contributed by atoms with Gasteiger partial charge in [0, 0.05) is 5.56 Å². The maximum atomic E-state index is 13.3. The minimum Gasteiger partial charge on any atom is -0.467 e. The van der Waals surface area contributed by atoms with Gasteiger partial charge in [0.25, 0.3) is 5.91 Å².